The molecule has 1 atom stereocenters. The van der Waals surface area contributed by atoms with Gasteiger partial charge in [-0.15, -0.1) is 0 Å². The molecule has 2 aromatic heterocycles. The first-order valence-corrected chi connectivity index (χ1v) is 21.3. The first-order valence-electron chi connectivity index (χ1n) is 20.9. The summed E-state index contributed by atoms with van der Waals surface area (Å²) >= 11 is 6.59. The summed E-state index contributed by atoms with van der Waals surface area (Å²) in [5, 5.41) is 14.4. The van der Waals surface area contributed by atoms with Crippen LogP contribution in [0.25, 0.3) is 11.3 Å². The minimum Gasteiger partial charge on any atom is -0.353 e. The van der Waals surface area contributed by atoms with Gasteiger partial charge in [-0.05, 0) is 101 Å². The number of amides is 3. The highest BCUT2D eigenvalue weighted by molar-refractivity contribution is 6.32. The summed E-state index contributed by atoms with van der Waals surface area (Å²) in [5.74, 6) is 1.41. The summed E-state index contributed by atoms with van der Waals surface area (Å²) < 4.78 is 1.94. The van der Waals surface area contributed by atoms with E-state index in [0.717, 1.165) is 87.2 Å². The van der Waals surface area contributed by atoms with E-state index < -0.39 is 6.04 Å². The minimum atomic E-state index is -0.608. The summed E-state index contributed by atoms with van der Waals surface area (Å²) in [6, 6.07) is 4.82. The van der Waals surface area contributed by atoms with Gasteiger partial charge in [0, 0.05) is 73.2 Å². The van der Waals surface area contributed by atoms with Crippen LogP contribution in [0.3, 0.4) is 0 Å². The Balaban J connectivity index is 0.748. The lowest BCUT2D eigenvalue weighted by molar-refractivity contribution is -0.128. The lowest BCUT2D eigenvalue weighted by atomic mass is 9.84. The average Bonchev–Trinajstić information content (AvgIpc) is 3.90. The van der Waals surface area contributed by atoms with Gasteiger partial charge in [-0.3, -0.25) is 28.7 Å². The van der Waals surface area contributed by atoms with E-state index in [2.05, 4.69) is 26.0 Å². The number of aryl methyl sites for hydroxylation is 1. The topological polar surface area (TPSA) is 168 Å². The number of ketones is 2. The molecule has 7 rings (SSSR count). The van der Waals surface area contributed by atoms with Crippen LogP contribution in [0.15, 0.2) is 30.6 Å². The van der Waals surface area contributed by atoms with Gasteiger partial charge in [0.25, 0.3) is 5.91 Å². The van der Waals surface area contributed by atoms with Crippen LogP contribution in [0.1, 0.15) is 124 Å². The summed E-state index contributed by atoms with van der Waals surface area (Å²) in [6.07, 6.45) is 17.3. The third-order valence-electron chi connectivity index (χ3n) is 12.1. The number of carbonyl (C=O) groups is 5. The quantitative estimate of drug-likeness (QED) is 0.0854. The van der Waals surface area contributed by atoms with E-state index in [1.165, 1.54) is 18.5 Å². The summed E-state index contributed by atoms with van der Waals surface area (Å²) in [6.45, 7) is 1.05. The van der Waals surface area contributed by atoms with Crippen molar-refractivity contribution in [2.45, 2.75) is 128 Å². The number of halogens is 1. The molecule has 3 aromatic rings. The van der Waals surface area contributed by atoms with Crippen LogP contribution in [0.2, 0.25) is 5.02 Å². The Morgan fingerprint density at radius 1 is 0.895 bits per heavy atom. The van der Waals surface area contributed by atoms with Gasteiger partial charge in [-0.2, -0.15) is 5.10 Å². The Morgan fingerprint density at radius 3 is 2.47 bits per heavy atom. The molecule has 1 aromatic carbocycles. The first kappa shape index (κ1) is 40.7. The number of benzene rings is 1. The van der Waals surface area contributed by atoms with Gasteiger partial charge >= 0.3 is 0 Å². The van der Waals surface area contributed by atoms with Crippen LogP contribution in [-0.2, 0) is 45.6 Å². The van der Waals surface area contributed by atoms with Crippen LogP contribution in [0.5, 0.6) is 0 Å². The molecule has 3 amide bonds. The maximum absolute atomic E-state index is 13.2. The molecule has 0 bridgehead atoms. The van der Waals surface area contributed by atoms with Crippen molar-refractivity contribution in [3.63, 3.8) is 0 Å². The van der Waals surface area contributed by atoms with Crippen LogP contribution < -0.4 is 16.0 Å². The smallest absolute Gasteiger partial charge is 0.255 e. The maximum Gasteiger partial charge on any atom is 0.255 e. The third kappa shape index (κ3) is 10.5. The fourth-order valence-corrected chi connectivity index (χ4v) is 8.84. The molecule has 3 fully saturated rings. The second kappa shape index (κ2) is 18.8. The number of nitrogens with one attached hydrogen (secondary N) is 3. The highest BCUT2D eigenvalue weighted by atomic mass is 35.5. The van der Waals surface area contributed by atoms with Crippen LogP contribution in [-0.4, -0.2) is 79.1 Å². The van der Waals surface area contributed by atoms with E-state index in [4.69, 9.17) is 16.6 Å². The fraction of sp³-hybridized carbons (Fsp3) is 0.581. The second-order valence-electron chi connectivity index (χ2n) is 16.5. The number of unbranched alkanes of at least 4 members (excludes halogenated alkanes) is 3. The van der Waals surface area contributed by atoms with E-state index in [1.54, 1.807) is 29.3 Å². The summed E-state index contributed by atoms with van der Waals surface area (Å²) in [7, 11) is 1.98. The van der Waals surface area contributed by atoms with Crippen molar-refractivity contribution in [3.05, 3.63) is 58.3 Å². The van der Waals surface area contributed by atoms with E-state index in [0.29, 0.717) is 60.0 Å². The Bertz CT molecular complexity index is 1970. The Morgan fingerprint density at radius 2 is 1.67 bits per heavy atom. The summed E-state index contributed by atoms with van der Waals surface area (Å²) in [4.78, 5) is 74.3. The molecule has 0 radical (unpaired) electrons. The Kier molecular flexibility index (Phi) is 13.5. The minimum absolute atomic E-state index is 0.0733. The number of hydrogen-bond acceptors (Lipinski definition) is 9. The predicted octanol–water partition coefficient (Wildman–Crippen LogP) is 5.92. The molecule has 13 nitrogen and oxygen atoms in total. The van der Waals surface area contributed by atoms with Gasteiger partial charge < -0.3 is 20.9 Å². The number of nitrogens with zero attached hydrogens (tertiary/aromatic N) is 5. The molecule has 1 aliphatic heterocycles. The lowest BCUT2D eigenvalue weighted by Crippen LogP contribution is -2.41. The van der Waals surface area contributed by atoms with Crippen molar-refractivity contribution >= 4 is 46.6 Å². The van der Waals surface area contributed by atoms with Crippen LogP contribution >= 0.6 is 11.6 Å². The SMILES string of the molecule is Cn1ncc(-c2nc(CC3CCC(NC(=O)CCCCCCNCC(=O)Nc4cccc5c4CN(C4CCCC(=O)CC4=O)C5=O)CC3)ncc2Cl)c1CC1CC1. The maximum atomic E-state index is 13.2. The first-order chi connectivity index (χ1) is 27.6. The fourth-order valence-electron chi connectivity index (χ4n) is 8.65. The van der Waals surface area contributed by atoms with Crippen molar-refractivity contribution in [2.24, 2.45) is 18.9 Å². The van der Waals surface area contributed by atoms with E-state index in [1.807, 2.05) is 17.9 Å². The van der Waals surface area contributed by atoms with Gasteiger partial charge in [0.1, 0.15) is 11.6 Å². The van der Waals surface area contributed by atoms with Crippen LogP contribution in [0, 0.1) is 11.8 Å². The lowest BCUT2D eigenvalue weighted by Gasteiger charge is -2.29. The molecule has 3 aliphatic carbocycles. The molecular weight excluding hydrogens is 744 g/mol. The summed E-state index contributed by atoms with van der Waals surface area (Å²) in [5.41, 5.74) is 4.73. The molecule has 3 N–H and O–H groups in total. The zero-order valence-electron chi connectivity index (χ0n) is 33.0. The molecule has 1 unspecified atom stereocenters. The monoisotopic (exact) mass is 798 g/mol. The number of rotatable bonds is 17. The molecule has 3 saturated carbocycles. The Labute approximate surface area is 339 Å². The number of Topliss-reactive ketones (excluding diaryl/α,β-unsaturated/α-hetero) is 2. The van der Waals surface area contributed by atoms with Gasteiger partial charge in [-0.1, -0.05) is 30.5 Å². The number of hydrogen-bond donors (Lipinski definition) is 3. The molecule has 304 valence electrons. The van der Waals surface area contributed by atoms with Crippen molar-refractivity contribution in [3.8, 4) is 11.3 Å². The highest BCUT2D eigenvalue weighted by Gasteiger charge is 2.39. The highest BCUT2D eigenvalue weighted by Crippen LogP contribution is 2.37. The zero-order valence-corrected chi connectivity index (χ0v) is 33.7. The van der Waals surface area contributed by atoms with Gasteiger partial charge in [-0.25, -0.2) is 9.97 Å². The number of aromatic nitrogens is 4. The van der Waals surface area contributed by atoms with Gasteiger partial charge in [0.05, 0.1) is 35.9 Å². The largest absolute Gasteiger partial charge is 0.353 e. The number of fused-ring (bicyclic) bond motifs is 1. The van der Waals surface area contributed by atoms with Crippen molar-refractivity contribution in [2.75, 3.05) is 18.4 Å². The van der Waals surface area contributed by atoms with Gasteiger partial charge in [0.2, 0.25) is 11.8 Å². The van der Waals surface area contributed by atoms with E-state index >= 15 is 0 Å². The van der Waals surface area contributed by atoms with E-state index in [9.17, 15) is 24.0 Å². The molecule has 14 heteroatoms. The molecule has 3 heterocycles. The molecule has 0 saturated heterocycles. The van der Waals surface area contributed by atoms with E-state index in [-0.39, 0.29) is 54.8 Å². The van der Waals surface area contributed by atoms with Crippen molar-refractivity contribution < 1.29 is 24.0 Å². The zero-order chi connectivity index (χ0) is 39.9. The molecule has 57 heavy (non-hydrogen) atoms. The second-order valence-corrected chi connectivity index (χ2v) is 16.9. The number of carbonyl (C=O) groups excluding carboxylic acids is 5. The van der Waals surface area contributed by atoms with Crippen molar-refractivity contribution in [1.29, 1.82) is 0 Å². The standard InChI is InChI=1S/C43H55ClN8O5/c1-51-37(20-27-13-14-27)32(23-47-51)42-34(44)24-46-39(50-42)21-28-15-17-29(18-16-28)48-40(55)12-4-2-3-5-19-45-25-41(56)49-35-10-7-9-31-33(35)26-52(43(31)57)36-11-6-8-30(53)22-38(36)54/h7,9-10,23-24,27-29,36,45H,2-6,8,11-22,25-26H2,1H3,(H,48,55)(H,49,56). The average molecular weight is 799 g/mol. The predicted molar refractivity (Wildman–Crippen MR) is 216 cm³/mol. The normalized spacial score (nSPS) is 21.1. The molecule has 0 spiro atoms. The third-order valence-corrected chi connectivity index (χ3v) is 12.4. The van der Waals surface area contributed by atoms with Crippen LogP contribution in [0.4, 0.5) is 5.69 Å². The molecular formula is C43H55ClN8O5. The molecule has 4 aliphatic rings. The van der Waals surface area contributed by atoms with Gasteiger partial charge in [0.15, 0.2) is 5.78 Å². The Hall–Kier alpha value is -4.49. The number of anilines is 1. The van der Waals surface area contributed by atoms with Crippen molar-refractivity contribution in [1.82, 2.24) is 35.3 Å².